The molecule has 0 heteroatoms. The predicted octanol–water partition coefficient (Wildman–Crippen LogP) is 6.89. The first-order valence-corrected chi connectivity index (χ1v) is 6.81. The molecule has 0 saturated heterocycles. The van der Waals surface area contributed by atoms with E-state index < -0.39 is 0 Å². The van der Waals surface area contributed by atoms with Crippen LogP contribution in [0.5, 0.6) is 0 Å². The van der Waals surface area contributed by atoms with E-state index in [1.165, 1.54) is 11.1 Å². The minimum Gasteiger partial charge on any atom is -0.0991 e. The van der Waals surface area contributed by atoms with Crippen LogP contribution in [0.3, 0.4) is 0 Å². The summed E-state index contributed by atoms with van der Waals surface area (Å²) in [6.07, 6.45) is 14.6. The number of hydrogen-bond acceptors (Lipinski definition) is 0. The zero-order valence-corrected chi connectivity index (χ0v) is 13.1. The molecular formula is C21H30. The maximum Gasteiger partial charge on any atom is -0.0262 e. The fraction of sp³-hybridized carbons (Fsp3) is 0.238. The predicted molar refractivity (Wildman–Crippen MR) is 100 cm³/mol. The highest BCUT2D eigenvalue weighted by molar-refractivity contribution is 5.48. The van der Waals surface area contributed by atoms with Gasteiger partial charge in [0.1, 0.15) is 0 Å². The van der Waals surface area contributed by atoms with Gasteiger partial charge in [0.15, 0.2) is 0 Å². The monoisotopic (exact) mass is 282 g/mol. The number of rotatable bonds is 8. The molecule has 0 amide bonds. The van der Waals surface area contributed by atoms with Gasteiger partial charge in [0.2, 0.25) is 0 Å². The zero-order valence-electron chi connectivity index (χ0n) is 13.1. The molecule has 0 aromatic heterocycles. The Balaban J connectivity index is 0. The maximum absolute atomic E-state index is 4.11. The summed E-state index contributed by atoms with van der Waals surface area (Å²) in [6, 6.07) is 0. The highest BCUT2D eigenvalue weighted by Crippen LogP contribution is 2.16. The first-order valence-electron chi connectivity index (χ1n) is 6.81. The van der Waals surface area contributed by atoms with Gasteiger partial charge in [-0.2, -0.15) is 0 Å². The molecule has 0 bridgehead atoms. The van der Waals surface area contributed by atoms with Crippen molar-refractivity contribution in [3.8, 4) is 0 Å². The maximum atomic E-state index is 4.11. The lowest BCUT2D eigenvalue weighted by atomic mass is 10.0. The van der Waals surface area contributed by atoms with Crippen LogP contribution in [0.1, 0.15) is 34.6 Å². The first-order chi connectivity index (χ1) is 9.42. The molecule has 0 nitrogen and oxygen atoms in total. The van der Waals surface area contributed by atoms with E-state index in [0.717, 1.165) is 23.1 Å². The van der Waals surface area contributed by atoms with Gasteiger partial charge in [-0.25, -0.2) is 0 Å². The summed E-state index contributed by atoms with van der Waals surface area (Å²) in [4.78, 5) is 0. The molecule has 0 aromatic rings. The molecule has 0 aliphatic heterocycles. The van der Waals surface area contributed by atoms with Crippen molar-refractivity contribution in [3.05, 3.63) is 96.7 Å². The number of hydrogen-bond donors (Lipinski definition) is 0. The van der Waals surface area contributed by atoms with Gasteiger partial charge < -0.3 is 0 Å². The van der Waals surface area contributed by atoms with Crippen LogP contribution >= 0.6 is 0 Å². The van der Waals surface area contributed by atoms with Gasteiger partial charge >= 0.3 is 0 Å². The zero-order chi connectivity index (χ0) is 15.5. The van der Waals surface area contributed by atoms with Crippen molar-refractivity contribution < 1.29 is 0 Å². The van der Waals surface area contributed by atoms with Crippen LogP contribution in [0.25, 0.3) is 0 Å². The summed E-state index contributed by atoms with van der Waals surface area (Å²) in [5, 5.41) is 0. The normalized spacial score (nSPS) is 11.1. The molecular weight excluding hydrogens is 252 g/mol. The fourth-order valence-corrected chi connectivity index (χ4v) is 1.43. The van der Waals surface area contributed by atoms with E-state index in [1.54, 1.807) is 6.08 Å². The molecule has 114 valence electrons. The molecule has 21 heavy (non-hydrogen) atoms. The van der Waals surface area contributed by atoms with Gasteiger partial charge in [0, 0.05) is 0 Å². The second-order valence-corrected chi connectivity index (χ2v) is 4.79. The van der Waals surface area contributed by atoms with E-state index >= 15 is 0 Å². The number of allylic oxidation sites excluding steroid dienone is 12. The SMILES string of the molecule is C.C=C/C=C\C(=C)C(=C)/C=C\C(=C)/C(=C/C=C(C)C)CC. The molecule has 0 N–H and O–H groups in total. The van der Waals surface area contributed by atoms with E-state index in [2.05, 4.69) is 59.2 Å². The van der Waals surface area contributed by atoms with Crippen LogP contribution in [0.2, 0.25) is 0 Å². The highest BCUT2D eigenvalue weighted by Gasteiger charge is 1.97. The van der Waals surface area contributed by atoms with Crippen LogP contribution < -0.4 is 0 Å². The van der Waals surface area contributed by atoms with Gasteiger partial charge in [-0.15, -0.1) is 0 Å². The van der Waals surface area contributed by atoms with Crippen LogP contribution in [0, 0.1) is 0 Å². The molecule has 0 heterocycles. The summed E-state index contributed by atoms with van der Waals surface area (Å²) in [7, 11) is 0. The first kappa shape index (κ1) is 21.2. The smallest absolute Gasteiger partial charge is 0.0262 e. The Bertz CT molecular complexity index is 498. The standard InChI is InChI=1S/C20H26.CH4/c1-8-10-11-17(5)18(6)13-14-19(7)20(9-2)15-12-16(3)4;/h8,10-15H,1,5-7,9H2,2-4H3;1H4/b11-10-,14-13-,20-15+;. The van der Waals surface area contributed by atoms with Crippen LogP contribution in [-0.2, 0) is 0 Å². The van der Waals surface area contributed by atoms with Crippen molar-refractivity contribution in [2.45, 2.75) is 34.6 Å². The van der Waals surface area contributed by atoms with Crippen molar-refractivity contribution >= 4 is 0 Å². The summed E-state index contributed by atoms with van der Waals surface area (Å²) in [5.41, 5.74) is 5.26. The minimum absolute atomic E-state index is 0. The van der Waals surface area contributed by atoms with Crippen molar-refractivity contribution in [1.29, 1.82) is 0 Å². The van der Waals surface area contributed by atoms with E-state index in [4.69, 9.17) is 0 Å². The largest absolute Gasteiger partial charge is 0.0991 e. The Morgan fingerprint density at radius 2 is 1.38 bits per heavy atom. The summed E-state index contributed by atoms with van der Waals surface area (Å²) in [6.45, 7) is 22.0. The second kappa shape index (κ2) is 11.7. The molecule has 0 spiro atoms. The van der Waals surface area contributed by atoms with E-state index in [-0.39, 0.29) is 7.43 Å². The fourth-order valence-electron chi connectivity index (χ4n) is 1.43. The third kappa shape index (κ3) is 9.45. The Labute approximate surface area is 132 Å². The van der Waals surface area contributed by atoms with E-state index in [1.807, 2.05) is 24.3 Å². The van der Waals surface area contributed by atoms with Crippen molar-refractivity contribution in [3.63, 3.8) is 0 Å². The molecule has 0 fully saturated rings. The average Bonchev–Trinajstić information content (AvgIpc) is 2.42. The highest BCUT2D eigenvalue weighted by atomic mass is 14.0. The molecule has 0 aromatic carbocycles. The molecule has 0 aliphatic rings. The summed E-state index contributed by atoms with van der Waals surface area (Å²) >= 11 is 0. The average molecular weight is 282 g/mol. The van der Waals surface area contributed by atoms with Crippen LogP contribution in [0.4, 0.5) is 0 Å². The van der Waals surface area contributed by atoms with Gasteiger partial charge in [-0.1, -0.05) is 88.8 Å². The summed E-state index contributed by atoms with van der Waals surface area (Å²) < 4.78 is 0. The topological polar surface area (TPSA) is 0 Å². The Morgan fingerprint density at radius 3 is 1.86 bits per heavy atom. The lowest BCUT2D eigenvalue weighted by molar-refractivity contribution is 1.13. The van der Waals surface area contributed by atoms with Gasteiger partial charge in [0.25, 0.3) is 0 Å². The lowest BCUT2D eigenvalue weighted by Gasteiger charge is -2.04. The van der Waals surface area contributed by atoms with Crippen molar-refractivity contribution in [2.75, 3.05) is 0 Å². The quantitative estimate of drug-likeness (QED) is 0.425. The molecule has 0 aliphatic carbocycles. The van der Waals surface area contributed by atoms with E-state index in [9.17, 15) is 0 Å². The third-order valence-corrected chi connectivity index (χ3v) is 2.74. The van der Waals surface area contributed by atoms with Gasteiger partial charge in [0.05, 0.1) is 0 Å². The third-order valence-electron chi connectivity index (χ3n) is 2.74. The lowest BCUT2D eigenvalue weighted by Crippen LogP contribution is -1.84. The molecule has 0 rings (SSSR count). The Kier molecular flexibility index (Phi) is 11.8. The molecule has 0 radical (unpaired) electrons. The minimum atomic E-state index is 0. The second-order valence-electron chi connectivity index (χ2n) is 4.79. The molecule has 0 atom stereocenters. The molecule has 0 saturated carbocycles. The Hall–Kier alpha value is -2.08. The van der Waals surface area contributed by atoms with Gasteiger partial charge in [-0.3, -0.25) is 0 Å². The van der Waals surface area contributed by atoms with E-state index in [0.29, 0.717) is 0 Å². The van der Waals surface area contributed by atoms with Crippen molar-refractivity contribution in [2.24, 2.45) is 0 Å². The van der Waals surface area contributed by atoms with Gasteiger partial charge in [-0.05, 0) is 42.6 Å². The Morgan fingerprint density at radius 1 is 0.857 bits per heavy atom. The van der Waals surface area contributed by atoms with Crippen LogP contribution in [0.15, 0.2) is 96.7 Å². The summed E-state index contributed by atoms with van der Waals surface area (Å²) in [5.74, 6) is 0. The van der Waals surface area contributed by atoms with Crippen LogP contribution in [-0.4, -0.2) is 0 Å². The van der Waals surface area contributed by atoms with Crippen molar-refractivity contribution in [1.82, 2.24) is 0 Å². The molecule has 0 unspecified atom stereocenters.